The number of methoxy groups -OCH3 is 1. The maximum absolute atomic E-state index is 10.7. The summed E-state index contributed by atoms with van der Waals surface area (Å²) in [7, 11) is 1.61. The lowest BCUT2D eigenvalue weighted by molar-refractivity contribution is -0.136. The van der Waals surface area contributed by atoms with Crippen LogP contribution in [0, 0.1) is 0 Å². The molecule has 0 radical (unpaired) electrons. The summed E-state index contributed by atoms with van der Waals surface area (Å²) in [6.45, 7) is 4.00. The van der Waals surface area contributed by atoms with Gasteiger partial charge in [-0.25, -0.2) is 0 Å². The third-order valence-corrected chi connectivity index (χ3v) is 4.57. The van der Waals surface area contributed by atoms with E-state index in [0.717, 1.165) is 48.7 Å². The van der Waals surface area contributed by atoms with Crippen LogP contribution in [0.25, 0.3) is 0 Å². The minimum absolute atomic E-state index is 0.119. The van der Waals surface area contributed by atoms with E-state index in [2.05, 4.69) is 6.92 Å². The maximum Gasteiger partial charge on any atom is 0.303 e. The van der Waals surface area contributed by atoms with Gasteiger partial charge in [-0.2, -0.15) is 0 Å². The summed E-state index contributed by atoms with van der Waals surface area (Å²) in [5.74, 6) is 1.62. The molecule has 0 aliphatic heterocycles. The molecule has 0 spiro atoms. The molecule has 0 bridgehead atoms. The molecular formula is C23H32O6. The first kappa shape index (κ1) is 22.8. The van der Waals surface area contributed by atoms with Crippen LogP contribution in [0.5, 0.6) is 11.5 Å². The second-order valence-corrected chi connectivity index (χ2v) is 6.89. The fraction of sp³-hybridized carbons (Fsp3) is 0.522. The highest BCUT2D eigenvalue weighted by atomic mass is 16.5. The first-order valence-electron chi connectivity index (χ1n) is 10.3. The predicted molar refractivity (Wildman–Crippen MR) is 111 cm³/mol. The first-order chi connectivity index (χ1) is 14.1. The standard InChI is InChI=1S/C23H32O6/c1-3-4-14-27-19-8-10-20(11-9-19)28-15-5-16-29-21-12-6-18(7-13-23(24)25)17-22(21)26-2/h6,8-11,17,21H,3-5,7,12-16H2,1-2H3,(H,24,25). The van der Waals surface area contributed by atoms with Gasteiger partial charge >= 0.3 is 5.97 Å². The van der Waals surface area contributed by atoms with Gasteiger partial charge in [0.2, 0.25) is 0 Å². The van der Waals surface area contributed by atoms with Crippen molar-refractivity contribution < 1.29 is 28.8 Å². The Labute approximate surface area is 173 Å². The number of ether oxygens (including phenoxy) is 4. The number of hydrogen-bond acceptors (Lipinski definition) is 5. The van der Waals surface area contributed by atoms with Crippen LogP contribution in [-0.2, 0) is 14.3 Å². The van der Waals surface area contributed by atoms with Crippen molar-refractivity contribution in [1.29, 1.82) is 0 Å². The molecule has 0 aromatic heterocycles. The highest BCUT2D eigenvalue weighted by Crippen LogP contribution is 2.24. The predicted octanol–water partition coefficient (Wildman–Crippen LogP) is 4.74. The highest BCUT2D eigenvalue weighted by Gasteiger charge is 2.19. The molecule has 160 valence electrons. The molecule has 1 aliphatic rings. The van der Waals surface area contributed by atoms with E-state index in [9.17, 15) is 4.79 Å². The van der Waals surface area contributed by atoms with E-state index >= 15 is 0 Å². The third-order valence-electron chi connectivity index (χ3n) is 4.57. The first-order valence-corrected chi connectivity index (χ1v) is 10.3. The molecule has 6 nitrogen and oxygen atoms in total. The molecule has 1 aromatic carbocycles. The number of hydrogen-bond donors (Lipinski definition) is 1. The van der Waals surface area contributed by atoms with Crippen molar-refractivity contribution in [2.75, 3.05) is 26.9 Å². The summed E-state index contributed by atoms with van der Waals surface area (Å²) < 4.78 is 22.7. The van der Waals surface area contributed by atoms with Gasteiger partial charge in [-0.3, -0.25) is 4.79 Å². The Morgan fingerprint density at radius 3 is 2.31 bits per heavy atom. The van der Waals surface area contributed by atoms with Crippen molar-refractivity contribution in [2.45, 2.75) is 51.6 Å². The third kappa shape index (κ3) is 8.60. The van der Waals surface area contributed by atoms with E-state index in [1.807, 2.05) is 36.4 Å². The fourth-order valence-corrected chi connectivity index (χ4v) is 2.92. The fourth-order valence-electron chi connectivity index (χ4n) is 2.92. The maximum atomic E-state index is 10.7. The molecule has 1 aromatic rings. The van der Waals surface area contributed by atoms with Crippen molar-refractivity contribution in [3.8, 4) is 11.5 Å². The summed E-state index contributed by atoms with van der Waals surface area (Å²) in [6, 6.07) is 7.68. The van der Waals surface area contributed by atoms with Gasteiger partial charge < -0.3 is 24.1 Å². The Kier molecular flexibility index (Phi) is 10.1. The molecule has 0 amide bonds. The number of aliphatic carboxylic acids is 1. The SMILES string of the molecule is CCCCOc1ccc(OCCCOC2CC=C(CCC(=O)O)C=C2OC)cc1. The Morgan fingerprint density at radius 2 is 1.72 bits per heavy atom. The lowest BCUT2D eigenvalue weighted by Crippen LogP contribution is -2.21. The minimum Gasteiger partial charge on any atom is -0.498 e. The summed E-state index contributed by atoms with van der Waals surface area (Å²) in [6.07, 6.45) is 8.03. The molecule has 0 saturated heterocycles. The quantitative estimate of drug-likeness (QED) is 0.451. The normalized spacial score (nSPS) is 16.0. The van der Waals surface area contributed by atoms with Crippen LogP contribution in [0.15, 0.2) is 47.7 Å². The van der Waals surface area contributed by atoms with Gasteiger partial charge in [0.25, 0.3) is 0 Å². The lowest BCUT2D eigenvalue weighted by atomic mass is 9.99. The highest BCUT2D eigenvalue weighted by molar-refractivity contribution is 5.67. The number of carboxylic acid groups (broad SMARTS) is 1. The Bertz CT molecular complexity index is 677. The molecule has 1 aliphatic carbocycles. The van der Waals surface area contributed by atoms with Crippen LogP contribution >= 0.6 is 0 Å². The van der Waals surface area contributed by atoms with Gasteiger partial charge in [0, 0.05) is 12.8 Å². The molecule has 29 heavy (non-hydrogen) atoms. The van der Waals surface area contributed by atoms with E-state index in [4.69, 9.17) is 24.1 Å². The van der Waals surface area contributed by atoms with E-state index in [1.54, 1.807) is 7.11 Å². The van der Waals surface area contributed by atoms with Crippen molar-refractivity contribution in [1.82, 2.24) is 0 Å². The van der Waals surface area contributed by atoms with Gasteiger partial charge in [0.15, 0.2) is 0 Å². The lowest BCUT2D eigenvalue weighted by Gasteiger charge is -2.23. The number of rotatable bonds is 14. The van der Waals surface area contributed by atoms with Crippen LogP contribution in [0.4, 0.5) is 0 Å². The van der Waals surface area contributed by atoms with Crippen LogP contribution in [0.3, 0.4) is 0 Å². The molecule has 6 heteroatoms. The smallest absolute Gasteiger partial charge is 0.303 e. The summed E-state index contributed by atoms with van der Waals surface area (Å²) in [4.78, 5) is 10.7. The van der Waals surface area contributed by atoms with Crippen molar-refractivity contribution >= 4 is 5.97 Å². The summed E-state index contributed by atoms with van der Waals surface area (Å²) >= 11 is 0. The Balaban J connectivity index is 1.65. The molecule has 0 fully saturated rings. The largest absolute Gasteiger partial charge is 0.498 e. The molecule has 0 heterocycles. The number of carbonyl (C=O) groups is 1. The molecule has 2 rings (SSSR count). The van der Waals surface area contributed by atoms with Gasteiger partial charge in [-0.05, 0) is 55.2 Å². The summed E-state index contributed by atoms with van der Waals surface area (Å²) in [5, 5.41) is 8.80. The molecule has 0 saturated carbocycles. The Hall–Kier alpha value is -2.47. The molecule has 1 unspecified atom stereocenters. The van der Waals surface area contributed by atoms with Crippen LogP contribution in [0.1, 0.15) is 45.4 Å². The topological polar surface area (TPSA) is 74.2 Å². The molecule has 1 N–H and O–H groups in total. The van der Waals surface area contributed by atoms with Crippen molar-refractivity contribution in [2.24, 2.45) is 0 Å². The van der Waals surface area contributed by atoms with Gasteiger partial charge in [-0.1, -0.05) is 19.4 Å². The van der Waals surface area contributed by atoms with Gasteiger partial charge in [-0.15, -0.1) is 0 Å². The van der Waals surface area contributed by atoms with E-state index < -0.39 is 5.97 Å². The molecular weight excluding hydrogens is 372 g/mol. The minimum atomic E-state index is -0.796. The second kappa shape index (κ2) is 12.9. The zero-order valence-electron chi connectivity index (χ0n) is 17.4. The van der Waals surface area contributed by atoms with E-state index in [-0.39, 0.29) is 12.5 Å². The average Bonchev–Trinajstić information content (AvgIpc) is 2.73. The van der Waals surface area contributed by atoms with Crippen molar-refractivity contribution in [3.05, 3.63) is 47.7 Å². The molecule has 1 atom stereocenters. The summed E-state index contributed by atoms with van der Waals surface area (Å²) in [5.41, 5.74) is 0.981. The number of unbranched alkanes of at least 4 members (excludes halogenated alkanes) is 1. The van der Waals surface area contributed by atoms with Crippen molar-refractivity contribution in [3.63, 3.8) is 0 Å². The van der Waals surface area contributed by atoms with Gasteiger partial charge in [0.05, 0.1) is 26.9 Å². The van der Waals surface area contributed by atoms with E-state index in [1.165, 1.54) is 0 Å². The van der Waals surface area contributed by atoms with Crippen LogP contribution in [0.2, 0.25) is 0 Å². The number of allylic oxidation sites excluding steroid dienone is 2. The van der Waals surface area contributed by atoms with E-state index in [0.29, 0.717) is 26.1 Å². The zero-order valence-corrected chi connectivity index (χ0v) is 17.4. The number of carboxylic acids is 1. The second-order valence-electron chi connectivity index (χ2n) is 6.89. The van der Waals surface area contributed by atoms with Crippen LogP contribution < -0.4 is 9.47 Å². The van der Waals surface area contributed by atoms with Crippen LogP contribution in [-0.4, -0.2) is 44.1 Å². The Morgan fingerprint density at radius 1 is 1.07 bits per heavy atom. The number of benzene rings is 1. The van der Waals surface area contributed by atoms with Gasteiger partial charge in [0.1, 0.15) is 23.4 Å². The zero-order chi connectivity index (χ0) is 20.9. The monoisotopic (exact) mass is 404 g/mol. The average molecular weight is 405 g/mol.